The van der Waals surface area contributed by atoms with Crippen LogP contribution >= 0.6 is 50.7 Å². The van der Waals surface area contributed by atoms with Crippen molar-refractivity contribution < 1.29 is 4.74 Å². The molecule has 35 heavy (non-hydrogen) atoms. The fourth-order valence-electron chi connectivity index (χ4n) is 3.43. The molecule has 0 fully saturated rings. The minimum atomic E-state index is -0.247. The van der Waals surface area contributed by atoms with Crippen LogP contribution in [0.3, 0.4) is 0 Å². The fourth-order valence-corrected chi connectivity index (χ4v) is 4.53. The average molecular weight is 594 g/mol. The Morgan fingerprint density at radius 3 is 2.43 bits per heavy atom. The van der Waals surface area contributed by atoms with Crippen molar-refractivity contribution in [1.29, 1.82) is 0 Å². The summed E-state index contributed by atoms with van der Waals surface area (Å²) in [5.41, 5.74) is 1.94. The second-order valence-electron chi connectivity index (χ2n) is 8.03. The monoisotopic (exact) mass is 591 g/mol. The van der Waals surface area contributed by atoms with E-state index in [1.807, 2.05) is 38.1 Å². The summed E-state index contributed by atoms with van der Waals surface area (Å²) >= 11 is 22.3. The molecule has 3 aromatic carbocycles. The standard InChI is InChI=1S/C26H21BrCl3N3O2/c1-3-15(2)25-32-23-9-6-18(27)12-20(23)26(34)33(25)31-13-17-10-21(29)24(22(30)11-17)35-14-16-4-7-19(28)8-5-16/h4-13,15H,3,14H2,1-2H3/t15-/m1/s1. The average Bonchev–Trinajstić information content (AvgIpc) is 2.83. The lowest BCUT2D eigenvalue weighted by Gasteiger charge is -2.14. The van der Waals surface area contributed by atoms with E-state index < -0.39 is 0 Å². The Bertz CT molecular complexity index is 1450. The number of halogens is 4. The Morgan fingerprint density at radius 2 is 1.77 bits per heavy atom. The van der Waals surface area contributed by atoms with Gasteiger partial charge in [-0.15, -0.1) is 0 Å². The van der Waals surface area contributed by atoms with Gasteiger partial charge in [-0.05, 0) is 60.0 Å². The van der Waals surface area contributed by atoms with E-state index in [2.05, 4.69) is 21.0 Å². The minimum absolute atomic E-state index is 0.0312. The quantitative estimate of drug-likeness (QED) is 0.204. The maximum atomic E-state index is 13.3. The highest BCUT2D eigenvalue weighted by molar-refractivity contribution is 9.10. The van der Waals surface area contributed by atoms with Crippen LogP contribution in [0.4, 0.5) is 0 Å². The van der Waals surface area contributed by atoms with Crippen LogP contribution in [-0.2, 0) is 6.61 Å². The maximum Gasteiger partial charge on any atom is 0.282 e. The van der Waals surface area contributed by atoms with E-state index in [-0.39, 0.29) is 18.1 Å². The first-order chi connectivity index (χ1) is 16.8. The van der Waals surface area contributed by atoms with Crippen LogP contribution in [-0.4, -0.2) is 15.9 Å². The number of hydrogen-bond acceptors (Lipinski definition) is 4. The van der Waals surface area contributed by atoms with Gasteiger partial charge in [0.25, 0.3) is 5.56 Å². The van der Waals surface area contributed by atoms with Crippen LogP contribution in [0.25, 0.3) is 10.9 Å². The van der Waals surface area contributed by atoms with Gasteiger partial charge in [0.05, 0.1) is 27.2 Å². The van der Waals surface area contributed by atoms with Crippen LogP contribution in [0.5, 0.6) is 5.75 Å². The lowest BCUT2D eigenvalue weighted by Crippen LogP contribution is -2.23. The lowest BCUT2D eigenvalue weighted by molar-refractivity contribution is 0.306. The zero-order chi connectivity index (χ0) is 25.1. The van der Waals surface area contributed by atoms with Crippen LogP contribution in [0.1, 0.15) is 43.1 Å². The van der Waals surface area contributed by atoms with Gasteiger partial charge >= 0.3 is 0 Å². The van der Waals surface area contributed by atoms with Gasteiger partial charge in [-0.2, -0.15) is 9.78 Å². The molecule has 9 heteroatoms. The van der Waals surface area contributed by atoms with Crippen molar-refractivity contribution in [2.75, 3.05) is 0 Å². The van der Waals surface area contributed by atoms with Crippen LogP contribution in [0, 0.1) is 0 Å². The molecule has 0 unspecified atom stereocenters. The molecule has 4 rings (SSSR count). The Balaban J connectivity index is 1.66. The van der Waals surface area contributed by atoms with Gasteiger partial charge in [-0.1, -0.05) is 76.7 Å². The van der Waals surface area contributed by atoms with Crippen molar-refractivity contribution in [2.45, 2.75) is 32.8 Å². The molecule has 180 valence electrons. The maximum absolute atomic E-state index is 13.3. The molecule has 0 aliphatic heterocycles. The highest BCUT2D eigenvalue weighted by atomic mass is 79.9. The van der Waals surface area contributed by atoms with Gasteiger partial charge in [0.15, 0.2) is 5.75 Å². The lowest BCUT2D eigenvalue weighted by atomic mass is 10.1. The molecule has 0 saturated heterocycles. The summed E-state index contributed by atoms with van der Waals surface area (Å²) in [6.45, 7) is 4.34. The summed E-state index contributed by atoms with van der Waals surface area (Å²) < 4.78 is 7.97. The molecule has 0 aliphatic rings. The van der Waals surface area contributed by atoms with Gasteiger partial charge in [0.2, 0.25) is 0 Å². The van der Waals surface area contributed by atoms with E-state index in [4.69, 9.17) is 44.5 Å². The summed E-state index contributed by atoms with van der Waals surface area (Å²) in [5, 5.41) is 6.27. The molecule has 1 atom stereocenters. The SMILES string of the molecule is CC[C@@H](C)c1nc2ccc(Br)cc2c(=O)n1N=Cc1cc(Cl)c(OCc2ccc(Cl)cc2)c(Cl)c1. The third-order valence-corrected chi connectivity index (χ3v) is 6.83. The van der Waals surface area contributed by atoms with Crippen molar-refractivity contribution >= 4 is 67.9 Å². The van der Waals surface area contributed by atoms with Gasteiger partial charge in [0, 0.05) is 15.4 Å². The second-order valence-corrected chi connectivity index (χ2v) is 10.2. The molecule has 1 heterocycles. The normalized spacial score (nSPS) is 12.4. The van der Waals surface area contributed by atoms with Crippen LogP contribution in [0.2, 0.25) is 15.1 Å². The molecular formula is C26H21BrCl3N3O2. The Labute approximate surface area is 226 Å². The number of rotatable bonds is 7. The number of ether oxygens (including phenoxy) is 1. The summed E-state index contributed by atoms with van der Waals surface area (Å²) in [6, 6.07) is 16.1. The molecule has 0 amide bonds. The van der Waals surface area contributed by atoms with Gasteiger partial charge in [-0.3, -0.25) is 4.79 Å². The Morgan fingerprint density at radius 1 is 1.09 bits per heavy atom. The molecule has 5 nitrogen and oxygen atoms in total. The number of benzene rings is 3. The van der Waals surface area contributed by atoms with Gasteiger partial charge < -0.3 is 4.74 Å². The number of aromatic nitrogens is 2. The largest absolute Gasteiger partial charge is 0.486 e. The highest BCUT2D eigenvalue weighted by Gasteiger charge is 2.16. The summed E-state index contributed by atoms with van der Waals surface area (Å²) in [6.07, 6.45) is 2.35. The van der Waals surface area contributed by atoms with E-state index in [0.29, 0.717) is 43.1 Å². The summed E-state index contributed by atoms with van der Waals surface area (Å²) in [7, 11) is 0. The van der Waals surface area contributed by atoms with Gasteiger partial charge in [-0.25, -0.2) is 4.98 Å². The third-order valence-electron chi connectivity index (χ3n) is 5.53. The molecule has 0 bridgehead atoms. The zero-order valence-corrected chi connectivity index (χ0v) is 22.8. The highest BCUT2D eigenvalue weighted by Crippen LogP contribution is 2.34. The smallest absolute Gasteiger partial charge is 0.282 e. The van der Waals surface area contributed by atoms with Crippen molar-refractivity contribution in [2.24, 2.45) is 5.10 Å². The van der Waals surface area contributed by atoms with E-state index in [9.17, 15) is 4.79 Å². The Kier molecular flexibility index (Phi) is 8.17. The first-order valence-electron chi connectivity index (χ1n) is 10.9. The molecule has 0 N–H and O–H groups in total. The van der Waals surface area contributed by atoms with Crippen LogP contribution in [0.15, 0.2) is 69.0 Å². The van der Waals surface area contributed by atoms with Crippen molar-refractivity contribution in [1.82, 2.24) is 9.66 Å². The topological polar surface area (TPSA) is 56.5 Å². The fraction of sp³-hybridized carbons (Fsp3) is 0.192. The predicted octanol–water partition coefficient (Wildman–Crippen LogP) is 8.09. The summed E-state index contributed by atoms with van der Waals surface area (Å²) in [4.78, 5) is 18.0. The number of nitrogens with zero attached hydrogens (tertiary/aromatic N) is 3. The van der Waals surface area contributed by atoms with E-state index >= 15 is 0 Å². The molecule has 0 saturated carbocycles. The van der Waals surface area contributed by atoms with Crippen molar-refractivity contribution in [3.05, 3.63) is 101 Å². The zero-order valence-electron chi connectivity index (χ0n) is 18.9. The molecule has 0 radical (unpaired) electrons. The summed E-state index contributed by atoms with van der Waals surface area (Å²) in [5.74, 6) is 0.988. The molecule has 4 aromatic rings. The van der Waals surface area contributed by atoms with Crippen molar-refractivity contribution in [3.63, 3.8) is 0 Å². The first kappa shape index (κ1) is 25.7. The Hall–Kier alpha value is -2.38. The minimum Gasteiger partial charge on any atom is -0.486 e. The van der Waals surface area contributed by atoms with E-state index in [1.54, 1.807) is 36.5 Å². The number of fused-ring (bicyclic) bond motifs is 1. The van der Waals surface area contributed by atoms with E-state index in [0.717, 1.165) is 16.5 Å². The molecule has 1 aromatic heterocycles. The van der Waals surface area contributed by atoms with Crippen LogP contribution < -0.4 is 10.3 Å². The molecule has 0 aliphatic carbocycles. The van der Waals surface area contributed by atoms with Crippen molar-refractivity contribution in [3.8, 4) is 5.75 Å². The van der Waals surface area contributed by atoms with E-state index in [1.165, 1.54) is 4.68 Å². The predicted molar refractivity (Wildman–Crippen MR) is 148 cm³/mol. The first-order valence-corrected chi connectivity index (χ1v) is 12.8. The van der Waals surface area contributed by atoms with Gasteiger partial charge in [0.1, 0.15) is 12.4 Å². The number of hydrogen-bond donors (Lipinski definition) is 0. The third kappa shape index (κ3) is 5.89. The molecular weight excluding hydrogens is 573 g/mol. The second kappa shape index (κ2) is 11.1. The molecule has 0 spiro atoms.